The Labute approximate surface area is 107 Å². The fourth-order valence-corrected chi connectivity index (χ4v) is 2.41. The van der Waals surface area contributed by atoms with Gasteiger partial charge in [0, 0.05) is 24.3 Å². The summed E-state index contributed by atoms with van der Waals surface area (Å²) >= 11 is 0. The summed E-state index contributed by atoms with van der Waals surface area (Å²) in [6, 6.07) is 8.48. The molecule has 2 heterocycles. The van der Waals surface area contributed by atoms with Crippen LogP contribution in [0.4, 0.5) is 5.69 Å². The van der Waals surface area contributed by atoms with Crippen LogP contribution in [0.15, 0.2) is 28.7 Å². The Morgan fingerprint density at radius 3 is 2.61 bits per heavy atom. The third kappa shape index (κ3) is 2.01. The average Bonchev–Trinajstić information content (AvgIpc) is 3.01. The van der Waals surface area contributed by atoms with Crippen molar-refractivity contribution in [2.24, 2.45) is 0 Å². The second kappa shape index (κ2) is 4.48. The number of hydrogen-bond donors (Lipinski definition) is 0. The van der Waals surface area contributed by atoms with Crippen LogP contribution in [0.1, 0.15) is 24.3 Å². The number of nitrogens with zero attached hydrogens (tertiary/aromatic N) is 2. The average molecular weight is 242 g/mol. The summed E-state index contributed by atoms with van der Waals surface area (Å²) in [6.07, 6.45) is 2.59. The number of aromatic nitrogens is 1. The highest BCUT2D eigenvalue weighted by Gasteiger charge is 2.14. The van der Waals surface area contributed by atoms with E-state index in [1.165, 1.54) is 18.5 Å². The Bertz CT molecular complexity index is 534. The highest BCUT2D eigenvalue weighted by molar-refractivity contribution is 5.62. The first kappa shape index (κ1) is 11.3. The SMILES string of the molecule is Cc1nc(-c2cccc(N3CCCC3)c2)oc1C. The summed E-state index contributed by atoms with van der Waals surface area (Å²) < 4.78 is 5.69. The molecule has 94 valence electrons. The Morgan fingerprint density at radius 1 is 1.17 bits per heavy atom. The van der Waals surface area contributed by atoms with E-state index in [0.717, 1.165) is 36.0 Å². The Balaban J connectivity index is 1.95. The van der Waals surface area contributed by atoms with E-state index in [1.807, 2.05) is 13.8 Å². The molecule has 1 saturated heterocycles. The predicted molar refractivity (Wildman–Crippen MR) is 72.9 cm³/mol. The molecule has 1 aliphatic heterocycles. The summed E-state index contributed by atoms with van der Waals surface area (Å²) in [5.74, 6) is 1.63. The van der Waals surface area contributed by atoms with E-state index in [1.54, 1.807) is 0 Å². The van der Waals surface area contributed by atoms with Crippen molar-refractivity contribution in [1.82, 2.24) is 4.98 Å². The molecule has 1 aromatic heterocycles. The van der Waals surface area contributed by atoms with Crippen molar-refractivity contribution in [3.05, 3.63) is 35.7 Å². The molecule has 0 unspecified atom stereocenters. The highest BCUT2D eigenvalue weighted by Crippen LogP contribution is 2.27. The standard InChI is InChI=1S/C15H18N2O/c1-11-12(2)18-15(16-11)13-6-5-7-14(10-13)17-8-3-4-9-17/h5-7,10H,3-4,8-9H2,1-2H3. The zero-order chi connectivity index (χ0) is 12.5. The lowest BCUT2D eigenvalue weighted by Gasteiger charge is -2.17. The van der Waals surface area contributed by atoms with Crippen molar-refractivity contribution in [3.63, 3.8) is 0 Å². The first-order chi connectivity index (χ1) is 8.74. The molecule has 0 aliphatic carbocycles. The first-order valence-corrected chi connectivity index (χ1v) is 6.53. The summed E-state index contributed by atoms with van der Waals surface area (Å²) in [4.78, 5) is 6.89. The van der Waals surface area contributed by atoms with Gasteiger partial charge in [-0.1, -0.05) is 6.07 Å². The van der Waals surface area contributed by atoms with E-state index in [4.69, 9.17) is 4.42 Å². The molecule has 0 atom stereocenters. The van der Waals surface area contributed by atoms with Crippen LogP contribution < -0.4 is 4.90 Å². The predicted octanol–water partition coefficient (Wildman–Crippen LogP) is 3.56. The molecule has 0 amide bonds. The lowest BCUT2D eigenvalue weighted by molar-refractivity contribution is 0.541. The van der Waals surface area contributed by atoms with Crippen LogP contribution in [0.25, 0.3) is 11.5 Å². The van der Waals surface area contributed by atoms with Gasteiger partial charge in [-0.3, -0.25) is 0 Å². The molecule has 1 aromatic carbocycles. The molecule has 0 spiro atoms. The molecule has 0 saturated carbocycles. The van der Waals surface area contributed by atoms with Crippen LogP contribution >= 0.6 is 0 Å². The molecular weight excluding hydrogens is 224 g/mol. The van der Waals surface area contributed by atoms with Gasteiger partial charge in [-0.05, 0) is 44.9 Å². The lowest BCUT2D eigenvalue weighted by atomic mass is 10.2. The summed E-state index contributed by atoms with van der Waals surface area (Å²) in [6.45, 7) is 6.25. The van der Waals surface area contributed by atoms with Crippen LogP contribution in [-0.2, 0) is 0 Å². The molecule has 3 heteroatoms. The maximum atomic E-state index is 5.69. The van der Waals surface area contributed by atoms with Crippen molar-refractivity contribution in [2.75, 3.05) is 18.0 Å². The summed E-state index contributed by atoms with van der Waals surface area (Å²) in [5.41, 5.74) is 3.31. The van der Waals surface area contributed by atoms with Crippen LogP contribution in [0, 0.1) is 13.8 Å². The molecule has 0 N–H and O–H groups in total. The third-order valence-corrected chi connectivity index (χ3v) is 3.59. The molecule has 3 nitrogen and oxygen atoms in total. The van der Waals surface area contributed by atoms with Crippen molar-refractivity contribution >= 4 is 5.69 Å². The van der Waals surface area contributed by atoms with E-state index < -0.39 is 0 Å². The summed E-state index contributed by atoms with van der Waals surface area (Å²) in [5, 5.41) is 0. The van der Waals surface area contributed by atoms with E-state index in [-0.39, 0.29) is 0 Å². The molecular formula is C15H18N2O. The Kier molecular flexibility index (Phi) is 2.82. The molecule has 1 fully saturated rings. The van der Waals surface area contributed by atoms with Gasteiger partial charge in [0.1, 0.15) is 5.76 Å². The maximum Gasteiger partial charge on any atom is 0.226 e. The molecule has 3 rings (SSSR count). The minimum Gasteiger partial charge on any atom is -0.441 e. The van der Waals surface area contributed by atoms with Gasteiger partial charge in [-0.2, -0.15) is 0 Å². The number of anilines is 1. The minimum absolute atomic E-state index is 0.728. The number of oxazole rings is 1. The van der Waals surface area contributed by atoms with E-state index in [9.17, 15) is 0 Å². The Hall–Kier alpha value is -1.77. The maximum absolute atomic E-state index is 5.69. The van der Waals surface area contributed by atoms with Gasteiger partial charge in [0.25, 0.3) is 0 Å². The van der Waals surface area contributed by atoms with Gasteiger partial charge in [0.05, 0.1) is 5.69 Å². The summed E-state index contributed by atoms with van der Waals surface area (Å²) in [7, 11) is 0. The third-order valence-electron chi connectivity index (χ3n) is 3.59. The monoisotopic (exact) mass is 242 g/mol. The lowest BCUT2D eigenvalue weighted by Crippen LogP contribution is -2.17. The first-order valence-electron chi connectivity index (χ1n) is 6.53. The highest BCUT2D eigenvalue weighted by atomic mass is 16.4. The molecule has 18 heavy (non-hydrogen) atoms. The van der Waals surface area contributed by atoms with Crippen LogP contribution in [0.2, 0.25) is 0 Å². The van der Waals surface area contributed by atoms with Gasteiger partial charge >= 0.3 is 0 Å². The van der Waals surface area contributed by atoms with Crippen molar-refractivity contribution in [2.45, 2.75) is 26.7 Å². The molecule has 2 aromatic rings. The smallest absolute Gasteiger partial charge is 0.226 e. The number of hydrogen-bond acceptors (Lipinski definition) is 3. The number of aryl methyl sites for hydroxylation is 2. The van der Waals surface area contributed by atoms with Crippen LogP contribution in [-0.4, -0.2) is 18.1 Å². The van der Waals surface area contributed by atoms with E-state index in [2.05, 4.69) is 34.1 Å². The van der Waals surface area contributed by atoms with Crippen LogP contribution in [0.3, 0.4) is 0 Å². The van der Waals surface area contributed by atoms with Crippen LogP contribution in [0.5, 0.6) is 0 Å². The second-order valence-corrected chi connectivity index (χ2v) is 4.91. The van der Waals surface area contributed by atoms with Gasteiger partial charge in [-0.15, -0.1) is 0 Å². The normalized spacial score (nSPS) is 15.3. The van der Waals surface area contributed by atoms with Crippen molar-refractivity contribution in [3.8, 4) is 11.5 Å². The molecule has 1 aliphatic rings. The second-order valence-electron chi connectivity index (χ2n) is 4.91. The molecule has 0 bridgehead atoms. The fraction of sp³-hybridized carbons (Fsp3) is 0.400. The van der Waals surface area contributed by atoms with Gasteiger partial charge < -0.3 is 9.32 Å². The van der Waals surface area contributed by atoms with Gasteiger partial charge in [0.15, 0.2) is 0 Å². The topological polar surface area (TPSA) is 29.3 Å². The van der Waals surface area contributed by atoms with Crippen molar-refractivity contribution in [1.29, 1.82) is 0 Å². The van der Waals surface area contributed by atoms with E-state index in [0.29, 0.717) is 0 Å². The minimum atomic E-state index is 0.728. The zero-order valence-corrected chi connectivity index (χ0v) is 10.9. The largest absolute Gasteiger partial charge is 0.441 e. The fourth-order valence-electron chi connectivity index (χ4n) is 2.41. The quantitative estimate of drug-likeness (QED) is 0.806. The Morgan fingerprint density at radius 2 is 1.94 bits per heavy atom. The number of benzene rings is 1. The number of rotatable bonds is 2. The van der Waals surface area contributed by atoms with Crippen molar-refractivity contribution < 1.29 is 4.42 Å². The zero-order valence-electron chi connectivity index (χ0n) is 10.9. The van der Waals surface area contributed by atoms with E-state index >= 15 is 0 Å². The van der Waals surface area contributed by atoms with Gasteiger partial charge in [-0.25, -0.2) is 4.98 Å². The van der Waals surface area contributed by atoms with Gasteiger partial charge in [0.2, 0.25) is 5.89 Å². The molecule has 0 radical (unpaired) electrons.